The molecule has 0 aliphatic carbocycles. The third-order valence-corrected chi connectivity index (χ3v) is 21.5. The molecule has 4 unspecified atom stereocenters. The van der Waals surface area contributed by atoms with E-state index in [1.165, 1.54) is 167 Å². The number of unbranched alkanes of at least 4 members (excludes halogenated alkanes) is 44. The van der Waals surface area contributed by atoms with Gasteiger partial charge >= 0.3 is 33.6 Å². The lowest BCUT2D eigenvalue weighted by atomic mass is 10.1. The predicted octanol–water partition coefficient (Wildman–Crippen LogP) is 22.1. The topological polar surface area (TPSA) is 282 Å². The first-order valence-corrected chi connectivity index (χ1v) is 46.9. The normalized spacial score (nSPS) is 13.9. The van der Waals surface area contributed by atoms with Crippen molar-refractivity contribution >= 4 is 45.4 Å². The lowest BCUT2D eigenvalue weighted by molar-refractivity contribution is -0.151. The fraction of sp³-hybridized carbons (Fsp3) is 0.940. The molecule has 0 aromatic carbocycles. The largest absolute Gasteiger partial charge is 0.472 e. The summed E-state index contributed by atoms with van der Waals surface area (Å²) in [7, 11) is -9.41. The van der Waals surface area contributed by atoms with Crippen LogP contribution in [0.4, 0.5) is 4.79 Å². The summed E-state index contributed by atoms with van der Waals surface area (Å²) in [5, 5.41) is 10.8. The number of amides is 4. The smallest absolute Gasteiger partial charge is 0.462 e. The SMILES string of the molecule is CCCCCCCCCCCCCC(=O)N[C@H](COCCC(CCCCCCC)OC(=O)CCCCCCCCCCC)COP(=O)(O)OCCNC(=O)NCCOP(=O)(O)OC[C@@H](COCCC(CCCCCCC)OC(=O)CCCCCCCCCCC)NC(=O)CCCCCCCCCCCCC. The van der Waals surface area contributed by atoms with Crippen molar-refractivity contribution in [2.45, 2.75) is 438 Å². The fourth-order valence-electron chi connectivity index (χ4n) is 12.9. The number of urea groups is 1. The number of esters is 2. The van der Waals surface area contributed by atoms with Gasteiger partial charge in [-0.05, 0) is 51.4 Å². The van der Waals surface area contributed by atoms with Crippen molar-refractivity contribution in [3.63, 3.8) is 0 Å². The average molecular weight is 1550 g/mol. The van der Waals surface area contributed by atoms with Crippen LogP contribution in [0.1, 0.15) is 414 Å². The van der Waals surface area contributed by atoms with Crippen LogP contribution in [0.15, 0.2) is 0 Å². The average Bonchev–Trinajstić information content (AvgIpc) is 0.919. The Morgan fingerprint density at radius 2 is 0.538 bits per heavy atom. The Hall–Kier alpha value is -2.71. The zero-order valence-corrected chi connectivity index (χ0v) is 70.6. The minimum Gasteiger partial charge on any atom is -0.462 e. The highest BCUT2D eigenvalue weighted by Crippen LogP contribution is 2.44. The van der Waals surface area contributed by atoms with Gasteiger partial charge in [-0.1, -0.05) is 324 Å². The molecular weight excluding hydrogens is 1390 g/mol. The number of nitrogens with one attached hydrogen (secondary N) is 4. The van der Waals surface area contributed by atoms with E-state index in [1.54, 1.807) is 0 Å². The summed E-state index contributed by atoms with van der Waals surface area (Å²) in [5.41, 5.74) is 0. The summed E-state index contributed by atoms with van der Waals surface area (Å²) < 4.78 is 71.7. The molecule has 0 bridgehead atoms. The highest BCUT2D eigenvalue weighted by Gasteiger charge is 2.27. The lowest BCUT2D eigenvalue weighted by Crippen LogP contribution is -2.41. The van der Waals surface area contributed by atoms with Crippen LogP contribution in [0, 0.1) is 0 Å². The minimum atomic E-state index is -4.70. The molecule has 0 aromatic heterocycles. The molecule has 0 radical (unpaired) electrons. The van der Waals surface area contributed by atoms with Crippen molar-refractivity contribution in [2.75, 3.05) is 65.9 Å². The summed E-state index contributed by atoms with van der Waals surface area (Å²) in [6, 6.07) is -2.32. The molecule has 0 saturated carbocycles. The molecule has 0 saturated heterocycles. The van der Waals surface area contributed by atoms with Crippen molar-refractivity contribution in [1.82, 2.24) is 21.3 Å². The van der Waals surface area contributed by atoms with Crippen molar-refractivity contribution in [3.8, 4) is 0 Å². The lowest BCUT2D eigenvalue weighted by Gasteiger charge is -2.22. The van der Waals surface area contributed by atoms with E-state index in [-0.39, 0.29) is 88.3 Å². The van der Waals surface area contributed by atoms with Crippen molar-refractivity contribution < 1.29 is 79.9 Å². The van der Waals surface area contributed by atoms with Crippen LogP contribution in [0.5, 0.6) is 0 Å². The summed E-state index contributed by atoms with van der Waals surface area (Å²) in [5.74, 6) is -0.846. The van der Waals surface area contributed by atoms with E-state index in [0.29, 0.717) is 38.5 Å². The van der Waals surface area contributed by atoms with Crippen LogP contribution < -0.4 is 21.3 Å². The van der Waals surface area contributed by atoms with Crippen LogP contribution >= 0.6 is 15.6 Å². The monoisotopic (exact) mass is 1550 g/mol. The summed E-state index contributed by atoms with van der Waals surface area (Å²) >= 11 is 0. The Kier molecular flexibility index (Phi) is 75.6. The Morgan fingerprint density at radius 1 is 0.292 bits per heavy atom. The molecule has 0 aliphatic rings. The molecular formula is C83H164N4O17P2. The first-order valence-electron chi connectivity index (χ1n) is 43.9. The molecule has 4 amide bonds. The number of ether oxygens (including phenoxy) is 4. The molecule has 6 N–H and O–H groups in total. The Balaban J connectivity index is 5.56. The van der Waals surface area contributed by atoms with E-state index in [1.807, 2.05) is 0 Å². The second kappa shape index (κ2) is 77.6. The highest BCUT2D eigenvalue weighted by atomic mass is 31.2. The van der Waals surface area contributed by atoms with Gasteiger partial charge in [0.15, 0.2) is 0 Å². The molecule has 0 spiro atoms. The molecule has 0 heterocycles. The van der Waals surface area contributed by atoms with E-state index < -0.39 is 60.2 Å². The third-order valence-electron chi connectivity index (χ3n) is 19.5. The number of carbonyl (C=O) groups is 5. The number of rotatable bonds is 84. The van der Waals surface area contributed by atoms with Crippen molar-refractivity contribution in [3.05, 3.63) is 0 Å². The highest BCUT2D eigenvalue weighted by molar-refractivity contribution is 7.47. The van der Waals surface area contributed by atoms with Gasteiger partial charge in [0, 0.05) is 51.6 Å². The zero-order chi connectivity index (χ0) is 77.8. The van der Waals surface area contributed by atoms with E-state index in [0.717, 1.165) is 154 Å². The summed E-state index contributed by atoms with van der Waals surface area (Å²) in [6.07, 6.45) is 59.9. The van der Waals surface area contributed by atoms with Crippen molar-refractivity contribution in [2.24, 2.45) is 0 Å². The number of hydrogen-bond acceptors (Lipinski definition) is 15. The predicted molar refractivity (Wildman–Crippen MR) is 432 cm³/mol. The first kappa shape index (κ1) is 103. The Morgan fingerprint density at radius 3 is 0.811 bits per heavy atom. The maximum absolute atomic E-state index is 13.3. The third kappa shape index (κ3) is 74.1. The second-order valence-electron chi connectivity index (χ2n) is 30.0. The minimum absolute atomic E-state index is 0.0302. The van der Waals surface area contributed by atoms with Crippen molar-refractivity contribution in [1.29, 1.82) is 0 Å². The molecule has 23 heteroatoms. The van der Waals surface area contributed by atoms with Gasteiger partial charge < -0.3 is 50.0 Å². The number of carbonyl (C=O) groups excluding carboxylic acids is 5. The molecule has 0 rings (SSSR count). The van der Waals surface area contributed by atoms with E-state index in [9.17, 15) is 42.9 Å². The molecule has 106 heavy (non-hydrogen) atoms. The molecule has 6 atom stereocenters. The molecule has 21 nitrogen and oxygen atoms in total. The van der Waals surface area contributed by atoms with Gasteiger partial charge in [-0.25, -0.2) is 13.9 Å². The van der Waals surface area contributed by atoms with E-state index >= 15 is 0 Å². The van der Waals surface area contributed by atoms with Crippen LogP contribution in [0.2, 0.25) is 0 Å². The van der Waals surface area contributed by atoms with E-state index in [2.05, 4.69) is 62.8 Å². The van der Waals surface area contributed by atoms with Gasteiger partial charge in [-0.15, -0.1) is 0 Å². The Bertz CT molecular complexity index is 1960. The summed E-state index contributed by atoms with van der Waals surface area (Å²) in [6.45, 7) is 11.6. The Labute approximate surface area is 647 Å². The second-order valence-corrected chi connectivity index (χ2v) is 32.9. The van der Waals surface area contributed by atoms with Gasteiger partial charge in [-0.3, -0.25) is 37.3 Å². The number of phosphoric acid groups is 2. The van der Waals surface area contributed by atoms with Gasteiger partial charge in [-0.2, -0.15) is 0 Å². The molecule has 628 valence electrons. The van der Waals surface area contributed by atoms with Gasteiger partial charge in [0.05, 0.1) is 64.9 Å². The molecule has 0 fully saturated rings. The molecule has 0 aromatic rings. The quantitative estimate of drug-likeness (QED) is 0.0187. The maximum atomic E-state index is 13.3. The van der Waals surface area contributed by atoms with Crippen LogP contribution in [0.25, 0.3) is 0 Å². The number of hydrogen-bond donors (Lipinski definition) is 6. The van der Waals surface area contributed by atoms with Gasteiger partial charge in [0.25, 0.3) is 0 Å². The van der Waals surface area contributed by atoms with Crippen LogP contribution in [-0.4, -0.2) is 130 Å². The van der Waals surface area contributed by atoms with E-state index in [4.69, 9.17) is 37.0 Å². The molecule has 0 aliphatic heterocycles. The van der Waals surface area contributed by atoms with Gasteiger partial charge in [0.1, 0.15) is 12.2 Å². The fourth-order valence-corrected chi connectivity index (χ4v) is 14.5. The van der Waals surface area contributed by atoms with Gasteiger partial charge in [0.2, 0.25) is 11.8 Å². The standard InChI is InChI=1S/C83H164N4O17P2/c1-7-13-19-25-29-33-35-39-41-47-53-59-79(88)86-75(71-97-67-63-77(57-51-45-23-17-11-5)103-81(90)61-55-49-43-37-31-27-21-15-9-3)73-101-105(93,94)99-69-65-84-83(92)85-66-70-100-106(95,96)102-74-76(87-80(89)60-54-48-42-40-36-34-30-26-20-14-8-2)72-98-68-64-78(58-52-46-24-18-12-6)104-82(91)62-56-50-44-38-32-28-22-16-10-4/h75-78H,7-74H2,1-6H3,(H,86,88)(H,87,89)(H,93,94)(H,95,96)(H2,84,85,92)/t75-,76-,77?,78?/m1/s1. The zero-order valence-electron chi connectivity index (χ0n) is 68.8. The number of phosphoric ester groups is 2. The van der Waals surface area contributed by atoms with Crippen LogP contribution in [0.3, 0.4) is 0 Å². The maximum Gasteiger partial charge on any atom is 0.472 e. The van der Waals surface area contributed by atoms with Crippen LogP contribution in [-0.2, 0) is 65.4 Å². The first-order chi connectivity index (χ1) is 51.5. The summed E-state index contributed by atoms with van der Waals surface area (Å²) in [4.78, 5) is 86.8.